The highest BCUT2D eigenvalue weighted by molar-refractivity contribution is 7.25. The number of hydrogen-bond acceptors (Lipinski definition) is 5. The summed E-state index contributed by atoms with van der Waals surface area (Å²) in [5, 5.41) is 6.83. The van der Waals surface area contributed by atoms with E-state index in [0.29, 0.717) is 5.89 Å². The van der Waals surface area contributed by atoms with Gasteiger partial charge in [-0.1, -0.05) is 84.9 Å². The summed E-state index contributed by atoms with van der Waals surface area (Å²) in [7, 11) is 0. The number of benzene rings is 8. The molecule has 0 fully saturated rings. The predicted octanol–water partition coefficient (Wildman–Crippen LogP) is 14.3. The summed E-state index contributed by atoms with van der Waals surface area (Å²) >= 11 is 1.83. The number of nitrogens with zero attached hydrogens (tertiary/aromatic N) is 3. The highest BCUT2D eigenvalue weighted by atomic mass is 32.1. The van der Waals surface area contributed by atoms with Crippen LogP contribution in [0.5, 0.6) is 0 Å². The van der Waals surface area contributed by atoms with Crippen molar-refractivity contribution in [3.8, 4) is 17.1 Å². The molecule has 0 radical (unpaired) electrons. The van der Waals surface area contributed by atoms with Gasteiger partial charge in [0.05, 0.1) is 22.1 Å². The standard InChI is InChI=1S/C49H29N3O2S/c1-3-12-30(13-4-1)49-50-47-43(54-49)26-25-42-46(47)38-29-32(22-24-41(38)53-42)51(33-23-27-45-37(28-33)35-17-8-10-21-44(35)55-45)40-20-11-18-36-34-16-7-9-19-39(34)52(48(36)40)31-14-5-2-6-15-31/h1-29H. The molecular weight excluding hydrogens is 695 g/mol. The lowest BCUT2D eigenvalue weighted by Crippen LogP contribution is -2.11. The Morgan fingerprint density at radius 2 is 1.16 bits per heavy atom. The van der Waals surface area contributed by atoms with Gasteiger partial charge in [0.2, 0.25) is 5.89 Å². The summed E-state index contributed by atoms with van der Waals surface area (Å²) < 4.78 is 17.8. The van der Waals surface area contributed by atoms with Crippen molar-refractivity contribution in [1.29, 1.82) is 0 Å². The minimum Gasteiger partial charge on any atom is -0.456 e. The molecule has 0 atom stereocenters. The summed E-state index contributed by atoms with van der Waals surface area (Å²) in [6.07, 6.45) is 0. The Morgan fingerprint density at radius 1 is 0.491 bits per heavy atom. The summed E-state index contributed by atoms with van der Waals surface area (Å²) in [6.45, 7) is 0. The fourth-order valence-corrected chi connectivity index (χ4v) is 9.48. The second kappa shape index (κ2) is 11.7. The van der Waals surface area contributed by atoms with Gasteiger partial charge in [-0.25, -0.2) is 4.98 Å². The van der Waals surface area contributed by atoms with E-state index in [4.69, 9.17) is 13.8 Å². The van der Waals surface area contributed by atoms with Gasteiger partial charge < -0.3 is 18.3 Å². The third-order valence-corrected chi connectivity index (χ3v) is 12.0. The van der Waals surface area contributed by atoms with Crippen LogP contribution >= 0.6 is 11.3 Å². The van der Waals surface area contributed by atoms with Crippen LogP contribution in [0.4, 0.5) is 17.1 Å². The minimum atomic E-state index is 0.590. The first-order valence-electron chi connectivity index (χ1n) is 18.4. The molecule has 258 valence electrons. The Hall–Kier alpha value is -7.15. The first-order valence-corrected chi connectivity index (χ1v) is 19.2. The van der Waals surface area contributed by atoms with E-state index >= 15 is 0 Å². The SMILES string of the molecule is c1ccc(-c2nc3c(ccc4oc5ccc(N(c6ccc7sc8ccccc8c7c6)c6cccc7c8ccccc8n(-c8ccccc8)c67)cc5c43)o2)cc1. The van der Waals surface area contributed by atoms with Crippen molar-refractivity contribution in [3.05, 3.63) is 176 Å². The van der Waals surface area contributed by atoms with E-state index in [9.17, 15) is 0 Å². The number of furan rings is 1. The molecule has 0 saturated heterocycles. The molecule has 4 aromatic heterocycles. The van der Waals surface area contributed by atoms with E-state index in [1.54, 1.807) is 0 Å². The molecule has 4 heterocycles. The van der Waals surface area contributed by atoms with Crippen molar-refractivity contribution < 1.29 is 8.83 Å². The number of anilines is 3. The summed E-state index contributed by atoms with van der Waals surface area (Å²) in [5.41, 5.74) is 10.6. The molecule has 0 bridgehead atoms. The molecule has 5 nitrogen and oxygen atoms in total. The van der Waals surface area contributed by atoms with Crippen LogP contribution in [0.2, 0.25) is 0 Å². The molecule has 0 saturated carbocycles. The lowest BCUT2D eigenvalue weighted by Gasteiger charge is -2.27. The lowest BCUT2D eigenvalue weighted by molar-refractivity contribution is 0.619. The molecular formula is C49H29N3O2S. The van der Waals surface area contributed by atoms with E-state index in [0.717, 1.165) is 72.4 Å². The summed E-state index contributed by atoms with van der Waals surface area (Å²) in [5.74, 6) is 0.590. The number of oxazole rings is 1. The molecule has 0 amide bonds. The smallest absolute Gasteiger partial charge is 0.227 e. The fraction of sp³-hybridized carbons (Fsp3) is 0. The zero-order valence-corrected chi connectivity index (χ0v) is 30.1. The van der Waals surface area contributed by atoms with Crippen LogP contribution in [0.3, 0.4) is 0 Å². The Morgan fingerprint density at radius 3 is 2.04 bits per heavy atom. The first kappa shape index (κ1) is 30.3. The van der Waals surface area contributed by atoms with E-state index in [-0.39, 0.29) is 0 Å². The Balaban J connectivity index is 1.17. The lowest BCUT2D eigenvalue weighted by atomic mass is 10.1. The highest BCUT2D eigenvalue weighted by Crippen LogP contribution is 2.47. The van der Waals surface area contributed by atoms with Crippen molar-refractivity contribution in [1.82, 2.24) is 9.55 Å². The molecule has 0 unspecified atom stereocenters. The molecule has 8 aromatic carbocycles. The van der Waals surface area contributed by atoms with E-state index in [1.165, 1.54) is 30.9 Å². The van der Waals surface area contributed by atoms with Gasteiger partial charge in [0.1, 0.15) is 16.7 Å². The quantitative estimate of drug-likeness (QED) is 0.177. The van der Waals surface area contributed by atoms with Crippen LogP contribution in [0.1, 0.15) is 0 Å². The molecule has 0 N–H and O–H groups in total. The number of rotatable bonds is 5. The largest absolute Gasteiger partial charge is 0.456 e. The monoisotopic (exact) mass is 723 g/mol. The number of fused-ring (bicyclic) bond motifs is 11. The zero-order chi connectivity index (χ0) is 36.0. The average molecular weight is 724 g/mol. The molecule has 0 aliphatic rings. The van der Waals surface area contributed by atoms with Crippen molar-refractivity contribution in [2.75, 3.05) is 4.90 Å². The molecule has 12 aromatic rings. The number of para-hydroxylation sites is 3. The van der Waals surface area contributed by atoms with E-state index in [1.807, 2.05) is 53.8 Å². The van der Waals surface area contributed by atoms with Crippen LogP contribution in [-0.4, -0.2) is 9.55 Å². The maximum atomic E-state index is 6.50. The summed E-state index contributed by atoms with van der Waals surface area (Å²) in [6, 6.07) is 62.1. The van der Waals surface area contributed by atoms with Gasteiger partial charge in [-0.15, -0.1) is 11.3 Å². The van der Waals surface area contributed by atoms with Crippen LogP contribution in [0.25, 0.3) is 92.2 Å². The molecule has 0 spiro atoms. The summed E-state index contributed by atoms with van der Waals surface area (Å²) in [4.78, 5) is 7.46. The maximum absolute atomic E-state index is 6.50. The van der Waals surface area contributed by atoms with Crippen molar-refractivity contribution in [2.45, 2.75) is 0 Å². The molecule has 12 rings (SSSR count). The van der Waals surface area contributed by atoms with Gasteiger partial charge in [-0.2, -0.15) is 0 Å². The Bertz CT molecular complexity index is 3450. The van der Waals surface area contributed by atoms with Gasteiger partial charge >= 0.3 is 0 Å². The van der Waals surface area contributed by atoms with Crippen LogP contribution in [-0.2, 0) is 0 Å². The Kier molecular flexibility index (Phi) is 6.44. The van der Waals surface area contributed by atoms with Gasteiger partial charge in [0.25, 0.3) is 0 Å². The van der Waals surface area contributed by atoms with Crippen LogP contribution in [0.15, 0.2) is 185 Å². The third kappa shape index (κ3) is 4.55. The molecule has 0 aliphatic heterocycles. The molecule has 55 heavy (non-hydrogen) atoms. The second-order valence-electron chi connectivity index (χ2n) is 13.9. The number of aromatic nitrogens is 2. The topological polar surface area (TPSA) is 47.3 Å². The van der Waals surface area contributed by atoms with E-state index < -0.39 is 0 Å². The van der Waals surface area contributed by atoms with Crippen molar-refractivity contribution in [3.63, 3.8) is 0 Å². The van der Waals surface area contributed by atoms with Crippen LogP contribution in [0, 0.1) is 0 Å². The minimum absolute atomic E-state index is 0.590. The van der Waals surface area contributed by atoms with Gasteiger partial charge in [0.15, 0.2) is 5.58 Å². The maximum Gasteiger partial charge on any atom is 0.227 e. The highest BCUT2D eigenvalue weighted by Gasteiger charge is 2.24. The van der Waals surface area contributed by atoms with Crippen molar-refractivity contribution >= 4 is 103 Å². The fourth-order valence-electron chi connectivity index (χ4n) is 8.39. The van der Waals surface area contributed by atoms with Gasteiger partial charge in [0, 0.05) is 59.0 Å². The number of hydrogen-bond donors (Lipinski definition) is 0. The van der Waals surface area contributed by atoms with Gasteiger partial charge in [-0.3, -0.25) is 0 Å². The predicted molar refractivity (Wildman–Crippen MR) is 229 cm³/mol. The molecule has 0 aliphatic carbocycles. The van der Waals surface area contributed by atoms with E-state index in [2.05, 4.69) is 143 Å². The zero-order valence-electron chi connectivity index (χ0n) is 29.3. The third-order valence-electron chi connectivity index (χ3n) is 10.8. The molecule has 6 heteroatoms. The van der Waals surface area contributed by atoms with Gasteiger partial charge in [-0.05, 0) is 91.0 Å². The first-order chi connectivity index (χ1) is 27.3. The average Bonchev–Trinajstić information content (AvgIpc) is 4.02. The number of thiophene rings is 1. The second-order valence-corrected chi connectivity index (χ2v) is 15.0. The normalized spacial score (nSPS) is 12.0. The van der Waals surface area contributed by atoms with Crippen LogP contribution < -0.4 is 4.90 Å². The van der Waals surface area contributed by atoms with Crippen molar-refractivity contribution in [2.24, 2.45) is 0 Å². The Labute approximate surface area is 318 Å².